The van der Waals surface area contributed by atoms with Crippen molar-refractivity contribution in [3.8, 4) is 10.4 Å². The predicted molar refractivity (Wildman–Crippen MR) is 133 cm³/mol. The van der Waals surface area contributed by atoms with Crippen LogP contribution in [0.5, 0.6) is 0 Å². The van der Waals surface area contributed by atoms with Gasteiger partial charge in [0.15, 0.2) is 0 Å². The van der Waals surface area contributed by atoms with Gasteiger partial charge in [0, 0.05) is 23.3 Å². The van der Waals surface area contributed by atoms with Crippen molar-refractivity contribution in [3.63, 3.8) is 0 Å². The van der Waals surface area contributed by atoms with Crippen molar-refractivity contribution in [2.24, 2.45) is 0 Å². The van der Waals surface area contributed by atoms with Crippen LogP contribution in [0.3, 0.4) is 0 Å². The minimum absolute atomic E-state index is 0.178. The number of nitrogens with one attached hydrogen (secondary N) is 1. The van der Waals surface area contributed by atoms with Crippen LogP contribution in [0.25, 0.3) is 10.4 Å². The van der Waals surface area contributed by atoms with E-state index in [0.29, 0.717) is 29.5 Å². The van der Waals surface area contributed by atoms with Crippen molar-refractivity contribution >= 4 is 36.0 Å². The number of carbonyl (C=O) groups is 1. The Morgan fingerprint density at radius 2 is 1.91 bits per heavy atom. The zero-order valence-electron chi connectivity index (χ0n) is 18.5. The van der Waals surface area contributed by atoms with Crippen molar-refractivity contribution in [2.45, 2.75) is 32.5 Å². The van der Waals surface area contributed by atoms with Gasteiger partial charge in [-0.3, -0.25) is 9.36 Å². The molecule has 0 fully saturated rings. The second-order valence-corrected chi connectivity index (χ2v) is 12.2. The van der Waals surface area contributed by atoms with Gasteiger partial charge in [0.2, 0.25) is 7.37 Å². The van der Waals surface area contributed by atoms with Crippen LogP contribution < -0.4 is 11.1 Å². The summed E-state index contributed by atoms with van der Waals surface area (Å²) in [7, 11) is -2.81. The van der Waals surface area contributed by atoms with E-state index in [1.165, 1.54) is 0 Å². The monoisotopic (exact) mass is 472 g/mol. The normalized spacial score (nSPS) is 13.5. The fourth-order valence-electron chi connectivity index (χ4n) is 2.96. The maximum Gasteiger partial charge on any atom is 0.255 e. The number of anilines is 2. The zero-order valence-corrected chi connectivity index (χ0v) is 20.2. The van der Waals surface area contributed by atoms with E-state index in [2.05, 4.69) is 5.32 Å². The molecule has 3 rings (SSSR count). The summed E-state index contributed by atoms with van der Waals surface area (Å²) >= 11 is 1.62. The molecule has 0 saturated carbocycles. The van der Waals surface area contributed by atoms with Gasteiger partial charge in [-0.1, -0.05) is 24.3 Å². The van der Waals surface area contributed by atoms with Gasteiger partial charge in [0.1, 0.15) is 0 Å². The standard InChI is InChI=1S/C24H29N2O4PS/c1-24(2,28)12-13-31(3,29)30-16-17-6-8-18(9-7-17)23(27)26-21-15-19(10-11-20(21)25)22-5-4-14-32-22/h4-11,14-15,28H,12-13,16,25H2,1-3H3,(H,26,27). The van der Waals surface area contributed by atoms with Crippen LogP contribution in [0.4, 0.5) is 11.4 Å². The SMILES string of the molecule is CC(C)(O)CCP(C)(=O)OCc1ccc(C(=O)Nc2cc(-c3cccs3)ccc2N)cc1. The van der Waals surface area contributed by atoms with Crippen LogP contribution >= 0.6 is 18.7 Å². The van der Waals surface area contributed by atoms with E-state index < -0.39 is 13.0 Å². The molecule has 170 valence electrons. The molecule has 0 aliphatic heterocycles. The Morgan fingerprint density at radius 3 is 2.53 bits per heavy atom. The Bertz CT molecular complexity index is 1110. The van der Waals surface area contributed by atoms with Crippen molar-refractivity contribution in [1.29, 1.82) is 0 Å². The van der Waals surface area contributed by atoms with Crippen molar-refractivity contribution in [2.75, 3.05) is 23.9 Å². The molecule has 0 saturated heterocycles. The second-order valence-electron chi connectivity index (χ2n) is 8.50. The highest BCUT2D eigenvalue weighted by atomic mass is 32.1. The average molecular weight is 473 g/mol. The minimum atomic E-state index is -2.81. The number of nitrogen functional groups attached to an aromatic ring is 1. The molecule has 1 aromatic heterocycles. The molecule has 2 aromatic carbocycles. The number of hydrogen-bond donors (Lipinski definition) is 3. The summed E-state index contributed by atoms with van der Waals surface area (Å²) in [5, 5.41) is 14.7. The van der Waals surface area contributed by atoms with Crippen LogP contribution in [-0.4, -0.2) is 29.4 Å². The van der Waals surface area contributed by atoms with Gasteiger partial charge in [-0.05, 0) is 67.1 Å². The summed E-state index contributed by atoms with van der Waals surface area (Å²) in [6.07, 6.45) is 0.708. The highest BCUT2D eigenvalue weighted by Gasteiger charge is 2.22. The topological polar surface area (TPSA) is 102 Å². The van der Waals surface area contributed by atoms with Gasteiger partial charge in [-0.2, -0.15) is 0 Å². The van der Waals surface area contributed by atoms with E-state index in [9.17, 15) is 14.5 Å². The lowest BCUT2D eigenvalue weighted by atomic mass is 10.1. The third-order valence-corrected chi connectivity index (χ3v) is 7.59. The maximum absolute atomic E-state index is 12.7. The number of benzene rings is 2. The molecule has 1 atom stereocenters. The van der Waals surface area contributed by atoms with E-state index in [1.807, 2.05) is 29.6 Å². The molecule has 1 unspecified atom stereocenters. The molecular formula is C24H29N2O4PS. The summed E-state index contributed by atoms with van der Waals surface area (Å²) in [5.74, 6) is -0.265. The first-order valence-corrected chi connectivity index (χ1v) is 13.4. The second kappa shape index (κ2) is 10.0. The first kappa shape index (κ1) is 24.2. The van der Waals surface area contributed by atoms with Crippen molar-refractivity contribution in [1.82, 2.24) is 0 Å². The minimum Gasteiger partial charge on any atom is -0.397 e. The number of carbonyl (C=O) groups excluding carboxylic acids is 1. The van der Waals surface area contributed by atoms with Crippen LogP contribution in [0.1, 0.15) is 36.2 Å². The van der Waals surface area contributed by atoms with Crippen LogP contribution in [-0.2, 0) is 15.7 Å². The molecule has 0 radical (unpaired) electrons. The molecule has 0 aliphatic rings. The molecule has 0 aliphatic carbocycles. The van der Waals surface area contributed by atoms with Crippen molar-refractivity contribution < 1.29 is 19.0 Å². The van der Waals surface area contributed by atoms with E-state index >= 15 is 0 Å². The van der Waals surface area contributed by atoms with Gasteiger partial charge >= 0.3 is 0 Å². The molecule has 4 N–H and O–H groups in total. The van der Waals surface area contributed by atoms with Crippen LogP contribution in [0.15, 0.2) is 60.0 Å². The Morgan fingerprint density at radius 1 is 1.19 bits per heavy atom. The molecule has 6 nitrogen and oxygen atoms in total. The lowest BCUT2D eigenvalue weighted by Crippen LogP contribution is -2.20. The lowest BCUT2D eigenvalue weighted by molar-refractivity contribution is 0.0762. The molecule has 3 aromatic rings. The largest absolute Gasteiger partial charge is 0.397 e. The number of amides is 1. The first-order valence-electron chi connectivity index (χ1n) is 10.3. The molecular weight excluding hydrogens is 443 g/mol. The molecule has 0 spiro atoms. The summed E-state index contributed by atoms with van der Waals surface area (Å²) in [6, 6.07) is 16.5. The average Bonchev–Trinajstić information content (AvgIpc) is 3.27. The van der Waals surface area contributed by atoms with E-state index in [4.69, 9.17) is 10.3 Å². The highest BCUT2D eigenvalue weighted by Crippen LogP contribution is 2.45. The van der Waals surface area contributed by atoms with Crippen LogP contribution in [0.2, 0.25) is 0 Å². The number of aliphatic hydroxyl groups is 1. The summed E-state index contributed by atoms with van der Waals surface area (Å²) in [5.41, 5.74) is 8.52. The first-order chi connectivity index (χ1) is 15.0. The summed E-state index contributed by atoms with van der Waals surface area (Å²) in [6.45, 7) is 5.12. The Kier molecular flexibility index (Phi) is 7.57. The van der Waals surface area contributed by atoms with E-state index in [0.717, 1.165) is 16.0 Å². The molecule has 1 amide bonds. The molecule has 1 heterocycles. The number of hydrogen-bond acceptors (Lipinski definition) is 6. The summed E-state index contributed by atoms with van der Waals surface area (Å²) < 4.78 is 18.1. The number of rotatable bonds is 9. The Labute approximate surface area is 192 Å². The molecule has 0 bridgehead atoms. The Hall–Kier alpha value is -2.44. The maximum atomic E-state index is 12.7. The fraction of sp³-hybridized carbons (Fsp3) is 0.292. The smallest absolute Gasteiger partial charge is 0.255 e. The fourth-order valence-corrected chi connectivity index (χ4v) is 5.19. The summed E-state index contributed by atoms with van der Waals surface area (Å²) in [4.78, 5) is 13.8. The third-order valence-electron chi connectivity index (χ3n) is 4.96. The zero-order chi connectivity index (χ0) is 23.4. The predicted octanol–water partition coefficient (Wildman–Crippen LogP) is 5.84. The van der Waals surface area contributed by atoms with Gasteiger partial charge < -0.3 is 20.7 Å². The van der Waals surface area contributed by atoms with E-state index in [1.54, 1.807) is 62.2 Å². The van der Waals surface area contributed by atoms with Gasteiger partial charge in [-0.25, -0.2) is 0 Å². The third kappa shape index (κ3) is 7.04. The van der Waals surface area contributed by atoms with Crippen molar-refractivity contribution in [3.05, 3.63) is 71.1 Å². The van der Waals surface area contributed by atoms with E-state index in [-0.39, 0.29) is 12.5 Å². The van der Waals surface area contributed by atoms with Crippen LogP contribution in [0, 0.1) is 0 Å². The number of nitrogens with two attached hydrogens (primary N) is 1. The Balaban J connectivity index is 1.61. The van der Waals surface area contributed by atoms with Gasteiger partial charge in [0.25, 0.3) is 5.91 Å². The quantitative estimate of drug-likeness (QED) is 0.268. The lowest BCUT2D eigenvalue weighted by Gasteiger charge is -2.20. The molecule has 8 heteroatoms. The molecule has 32 heavy (non-hydrogen) atoms. The van der Waals surface area contributed by atoms with Gasteiger partial charge in [0.05, 0.1) is 23.6 Å². The number of thiophene rings is 1. The highest BCUT2D eigenvalue weighted by molar-refractivity contribution is 7.58. The van der Waals surface area contributed by atoms with Gasteiger partial charge in [-0.15, -0.1) is 11.3 Å².